The summed E-state index contributed by atoms with van der Waals surface area (Å²) in [4.78, 5) is 18.3. The van der Waals surface area contributed by atoms with E-state index in [0.29, 0.717) is 17.4 Å². The Hall–Kier alpha value is -2.48. The lowest BCUT2D eigenvalue weighted by atomic mass is 9.49. The molecule has 2 heterocycles. The maximum Gasteiger partial charge on any atom is 0.250 e. The molecule has 1 aromatic carbocycles. The lowest BCUT2D eigenvalue weighted by molar-refractivity contribution is -0.138. The average molecular weight is 401 g/mol. The normalized spacial score (nSPS) is 39.3. The minimum atomic E-state index is -0.164. The third-order valence-corrected chi connectivity index (χ3v) is 8.45. The number of hydrazone groups is 1. The zero-order valence-corrected chi connectivity index (χ0v) is 17.5. The largest absolute Gasteiger partial charge is 0.272 e. The summed E-state index contributed by atoms with van der Waals surface area (Å²) in [7, 11) is 0. The second kappa shape index (κ2) is 6.77. The van der Waals surface area contributed by atoms with Gasteiger partial charge in [-0.15, -0.1) is 0 Å². The van der Waals surface area contributed by atoms with Gasteiger partial charge in [-0.05, 0) is 92.7 Å². The van der Waals surface area contributed by atoms with Gasteiger partial charge >= 0.3 is 0 Å². The number of nitrogens with zero attached hydrogens (tertiary/aromatic N) is 4. The maximum atomic E-state index is 13.1. The molecule has 7 rings (SSSR count). The van der Waals surface area contributed by atoms with Crippen molar-refractivity contribution in [2.24, 2.45) is 45.6 Å². The summed E-state index contributed by atoms with van der Waals surface area (Å²) in [5, 5.41) is 15.4. The first-order valence-corrected chi connectivity index (χ1v) is 11.5. The summed E-state index contributed by atoms with van der Waals surface area (Å²) in [5.41, 5.74) is 3.52. The van der Waals surface area contributed by atoms with Crippen LogP contribution < -0.4 is 0 Å². The third-order valence-electron chi connectivity index (χ3n) is 8.45. The van der Waals surface area contributed by atoms with Gasteiger partial charge < -0.3 is 0 Å². The van der Waals surface area contributed by atoms with Gasteiger partial charge in [0.1, 0.15) is 6.17 Å². The van der Waals surface area contributed by atoms with Gasteiger partial charge in [-0.1, -0.05) is 12.1 Å². The number of nitriles is 1. The molecular weight excluding hydrogens is 372 g/mol. The molecule has 0 spiro atoms. The van der Waals surface area contributed by atoms with Crippen LogP contribution in [-0.2, 0) is 4.79 Å². The molecule has 30 heavy (non-hydrogen) atoms. The minimum absolute atomic E-state index is 0.0576. The minimum Gasteiger partial charge on any atom is -0.272 e. The van der Waals surface area contributed by atoms with E-state index in [1.54, 1.807) is 5.01 Å². The third kappa shape index (κ3) is 2.84. The van der Waals surface area contributed by atoms with E-state index >= 15 is 0 Å². The van der Waals surface area contributed by atoms with Crippen LogP contribution in [0, 0.1) is 46.8 Å². The van der Waals surface area contributed by atoms with Gasteiger partial charge in [0.15, 0.2) is 0 Å². The molecule has 4 fully saturated rings. The fraction of sp³-hybridized carbons (Fsp3) is 0.600. The van der Waals surface area contributed by atoms with E-state index in [0.717, 1.165) is 47.1 Å². The fourth-order valence-corrected chi connectivity index (χ4v) is 7.61. The van der Waals surface area contributed by atoms with Crippen molar-refractivity contribution in [2.75, 3.05) is 0 Å². The van der Waals surface area contributed by atoms with Crippen molar-refractivity contribution in [2.45, 2.75) is 58.0 Å². The summed E-state index contributed by atoms with van der Waals surface area (Å²) in [5.74, 6) is 4.63. The molecule has 2 aliphatic heterocycles. The van der Waals surface area contributed by atoms with Crippen molar-refractivity contribution in [3.05, 3.63) is 35.4 Å². The van der Waals surface area contributed by atoms with Crippen LogP contribution >= 0.6 is 0 Å². The second-order valence-electron chi connectivity index (χ2n) is 10.3. The van der Waals surface area contributed by atoms with Crippen LogP contribution in [0.4, 0.5) is 0 Å². The Morgan fingerprint density at radius 1 is 1.03 bits per heavy atom. The molecule has 2 atom stereocenters. The number of carbonyl (C=O) groups is 1. The van der Waals surface area contributed by atoms with Crippen molar-refractivity contribution in [3.63, 3.8) is 0 Å². The Labute approximate surface area is 177 Å². The highest BCUT2D eigenvalue weighted by molar-refractivity contribution is 6.12. The molecule has 0 radical (unpaired) electrons. The number of hydrogen-bond acceptors (Lipinski definition) is 4. The first-order valence-electron chi connectivity index (χ1n) is 11.5. The number of benzene rings is 1. The summed E-state index contributed by atoms with van der Waals surface area (Å²) >= 11 is 0. The quantitative estimate of drug-likeness (QED) is 0.739. The van der Waals surface area contributed by atoms with Crippen LogP contribution in [0.2, 0.25) is 0 Å². The fourth-order valence-electron chi connectivity index (χ4n) is 7.61. The summed E-state index contributed by atoms with van der Waals surface area (Å²) in [6.07, 6.45) is 8.09. The Bertz CT molecular complexity index is 957. The molecule has 1 aromatic rings. The number of carbonyl (C=O) groups excluding carboxylic acids is 1. The highest BCUT2D eigenvalue weighted by atomic mass is 16.2. The Balaban J connectivity index is 1.37. The van der Waals surface area contributed by atoms with Gasteiger partial charge in [-0.25, -0.2) is 5.01 Å². The molecule has 0 N–H and O–H groups in total. The van der Waals surface area contributed by atoms with Crippen LogP contribution in [0.25, 0.3) is 0 Å². The Kier molecular flexibility index (Phi) is 4.13. The molecule has 6 aliphatic rings. The van der Waals surface area contributed by atoms with Crippen molar-refractivity contribution in [1.82, 2.24) is 5.01 Å². The molecule has 4 bridgehead atoms. The molecule has 4 aliphatic carbocycles. The number of amides is 1. The molecule has 2 unspecified atom stereocenters. The van der Waals surface area contributed by atoms with E-state index in [2.05, 4.69) is 18.1 Å². The van der Waals surface area contributed by atoms with E-state index in [1.807, 2.05) is 24.3 Å². The summed E-state index contributed by atoms with van der Waals surface area (Å²) in [6.45, 7) is 2.08. The first kappa shape index (κ1) is 18.3. The van der Waals surface area contributed by atoms with Crippen molar-refractivity contribution < 1.29 is 4.79 Å². The number of fused-ring (bicyclic) bond motifs is 1. The molecule has 5 nitrogen and oxygen atoms in total. The van der Waals surface area contributed by atoms with Crippen LogP contribution in [-0.4, -0.2) is 28.5 Å². The summed E-state index contributed by atoms with van der Waals surface area (Å²) < 4.78 is 0. The lowest BCUT2D eigenvalue weighted by Gasteiger charge is -2.58. The van der Waals surface area contributed by atoms with Gasteiger partial charge in [0, 0.05) is 11.6 Å². The van der Waals surface area contributed by atoms with Crippen LogP contribution in [0.5, 0.6) is 0 Å². The maximum absolute atomic E-state index is 13.1. The highest BCUT2D eigenvalue weighted by Gasteiger charge is 2.54. The van der Waals surface area contributed by atoms with Crippen LogP contribution in [0.15, 0.2) is 34.4 Å². The molecule has 0 aromatic heterocycles. The first-order chi connectivity index (χ1) is 14.6. The number of aliphatic imine (C=N–C) groups is 1. The number of rotatable bonds is 2. The Morgan fingerprint density at radius 3 is 2.33 bits per heavy atom. The van der Waals surface area contributed by atoms with E-state index in [-0.39, 0.29) is 18.5 Å². The molecule has 0 saturated heterocycles. The monoisotopic (exact) mass is 400 g/mol. The van der Waals surface area contributed by atoms with Crippen LogP contribution in [0.1, 0.15) is 63.0 Å². The van der Waals surface area contributed by atoms with Gasteiger partial charge in [0.05, 0.1) is 23.8 Å². The molecule has 154 valence electrons. The van der Waals surface area contributed by atoms with E-state index < -0.39 is 0 Å². The summed E-state index contributed by atoms with van der Waals surface area (Å²) in [6, 6.07) is 9.64. The predicted octanol–water partition coefficient (Wildman–Crippen LogP) is 4.37. The number of hydrogen-bond donors (Lipinski definition) is 0. The Morgan fingerprint density at radius 2 is 1.70 bits per heavy atom. The zero-order chi connectivity index (χ0) is 20.4. The second-order valence-corrected chi connectivity index (χ2v) is 10.3. The van der Waals surface area contributed by atoms with E-state index in [1.165, 1.54) is 32.1 Å². The van der Waals surface area contributed by atoms with Gasteiger partial charge in [-0.2, -0.15) is 10.4 Å². The molecule has 1 amide bonds. The topological polar surface area (TPSA) is 68.8 Å². The lowest BCUT2D eigenvalue weighted by Crippen LogP contribution is -2.56. The van der Waals surface area contributed by atoms with Gasteiger partial charge in [-0.3, -0.25) is 9.79 Å². The molecular formula is C25H28N4O. The van der Waals surface area contributed by atoms with E-state index in [4.69, 9.17) is 10.3 Å². The highest BCUT2D eigenvalue weighted by Crippen LogP contribution is 2.60. The van der Waals surface area contributed by atoms with E-state index in [9.17, 15) is 4.79 Å². The molecule has 4 saturated carbocycles. The average Bonchev–Trinajstić information content (AvgIpc) is 2.73. The molecule has 5 heteroatoms. The van der Waals surface area contributed by atoms with Crippen molar-refractivity contribution in [1.29, 1.82) is 5.26 Å². The SMILES string of the molecule is CC1=NN2C(=O)CC(c3ccc(C#N)cc3)=NC2C(C2C3CC4CC(C3)CC2C4)C1. The van der Waals surface area contributed by atoms with Crippen molar-refractivity contribution >= 4 is 17.3 Å². The standard InChI is InChI=1S/C25H28N4O/c1-14-6-21(24-19-8-16-7-17(10-19)11-20(24)9-16)25-27-22(12-23(30)29(25)28-14)18-4-2-15(13-26)3-5-18/h2-5,16-17,19-21,24-25H,6-12H2,1H3. The zero-order valence-electron chi connectivity index (χ0n) is 17.5. The smallest absolute Gasteiger partial charge is 0.250 e. The van der Waals surface area contributed by atoms with Gasteiger partial charge in [0.25, 0.3) is 5.91 Å². The van der Waals surface area contributed by atoms with Gasteiger partial charge in [0.2, 0.25) is 0 Å². The van der Waals surface area contributed by atoms with Crippen molar-refractivity contribution in [3.8, 4) is 6.07 Å². The predicted molar refractivity (Wildman–Crippen MR) is 115 cm³/mol. The van der Waals surface area contributed by atoms with Crippen LogP contribution in [0.3, 0.4) is 0 Å².